The highest BCUT2D eigenvalue weighted by Gasteiger charge is 2.38. The zero-order chi connectivity index (χ0) is 12.3. The average molecular weight is 229 g/mol. The molecule has 0 aliphatic heterocycles. The lowest BCUT2D eigenvalue weighted by molar-refractivity contribution is -0.117. The van der Waals surface area contributed by atoms with Crippen LogP contribution in [0, 0.1) is 23.7 Å². The van der Waals surface area contributed by atoms with Crippen LogP contribution in [0.2, 0.25) is 0 Å². The molecular formula is C14H15NO2. The Morgan fingerprint density at radius 1 is 1.59 bits per heavy atom. The second-order valence-corrected chi connectivity index (χ2v) is 4.35. The summed E-state index contributed by atoms with van der Waals surface area (Å²) in [6, 6.07) is 7.34. The molecule has 0 spiro atoms. The molecule has 0 radical (unpaired) electrons. The van der Waals surface area contributed by atoms with Crippen LogP contribution in [0.5, 0.6) is 0 Å². The summed E-state index contributed by atoms with van der Waals surface area (Å²) in [5.74, 6) is 6.15. The first kappa shape index (κ1) is 11.7. The van der Waals surface area contributed by atoms with E-state index in [9.17, 15) is 4.79 Å². The molecule has 1 aromatic rings. The molecule has 0 heterocycles. The number of carbonyl (C=O) groups is 1. The van der Waals surface area contributed by atoms with Crippen LogP contribution in [-0.2, 0) is 4.79 Å². The zero-order valence-electron chi connectivity index (χ0n) is 9.73. The van der Waals surface area contributed by atoms with E-state index in [0.29, 0.717) is 5.92 Å². The second-order valence-electron chi connectivity index (χ2n) is 4.35. The maximum Gasteiger partial charge on any atom is 0.227 e. The fourth-order valence-electron chi connectivity index (χ4n) is 1.74. The van der Waals surface area contributed by atoms with Gasteiger partial charge in [0.05, 0.1) is 0 Å². The van der Waals surface area contributed by atoms with Crippen molar-refractivity contribution in [2.45, 2.75) is 13.3 Å². The molecular weight excluding hydrogens is 214 g/mol. The zero-order valence-corrected chi connectivity index (χ0v) is 9.73. The Morgan fingerprint density at radius 3 is 3.00 bits per heavy atom. The molecule has 3 nitrogen and oxygen atoms in total. The Balaban J connectivity index is 2.03. The molecule has 2 rings (SSSR count). The lowest BCUT2D eigenvalue weighted by atomic mass is 10.2. The fourth-order valence-corrected chi connectivity index (χ4v) is 1.74. The summed E-state index contributed by atoms with van der Waals surface area (Å²) in [7, 11) is 0. The highest BCUT2D eigenvalue weighted by atomic mass is 16.2. The summed E-state index contributed by atoms with van der Waals surface area (Å²) in [5, 5.41) is 11.5. The third-order valence-electron chi connectivity index (χ3n) is 2.89. The molecule has 2 atom stereocenters. The van der Waals surface area contributed by atoms with E-state index in [1.807, 2.05) is 24.3 Å². The van der Waals surface area contributed by atoms with Crippen LogP contribution < -0.4 is 5.32 Å². The van der Waals surface area contributed by atoms with Crippen molar-refractivity contribution in [3.05, 3.63) is 29.8 Å². The van der Waals surface area contributed by atoms with Gasteiger partial charge in [0.15, 0.2) is 0 Å². The van der Waals surface area contributed by atoms with Crippen molar-refractivity contribution < 1.29 is 9.90 Å². The summed E-state index contributed by atoms with van der Waals surface area (Å²) in [5.41, 5.74) is 1.56. The number of hydrogen-bond acceptors (Lipinski definition) is 2. The number of aliphatic hydroxyl groups excluding tert-OH is 1. The van der Waals surface area contributed by atoms with E-state index in [-0.39, 0.29) is 18.4 Å². The Hall–Kier alpha value is -1.79. The number of amides is 1. The van der Waals surface area contributed by atoms with E-state index in [1.165, 1.54) is 0 Å². The summed E-state index contributed by atoms with van der Waals surface area (Å²) >= 11 is 0. The molecule has 1 aromatic carbocycles. The summed E-state index contributed by atoms with van der Waals surface area (Å²) in [6.45, 7) is 1.92. The number of benzene rings is 1. The van der Waals surface area contributed by atoms with Crippen LogP contribution in [0.25, 0.3) is 0 Å². The topological polar surface area (TPSA) is 49.3 Å². The van der Waals surface area contributed by atoms with E-state index in [2.05, 4.69) is 24.1 Å². The molecule has 2 N–H and O–H groups in total. The van der Waals surface area contributed by atoms with Crippen molar-refractivity contribution >= 4 is 11.6 Å². The van der Waals surface area contributed by atoms with Gasteiger partial charge in [-0.15, -0.1) is 0 Å². The normalized spacial score (nSPS) is 21.3. The maximum atomic E-state index is 11.7. The monoisotopic (exact) mass is 229 g/mol. The van der Waals surface area contributed by atoms with Gasteiger partial charge in [0.25, 0.3) is 0 Å². The smallest absolute Gasteiger partial charge is 0.227 e. The predicted molar refractivity (Wildman–Crippen MR) is 66.3 cm³/mol. The van der Waals surface area contributed by atoms with Gasteiger partial charge < -0.3 is 10.4 Å². The Kier molecular flexibility index (Phi) is 3.46. The van der Waals surface area contributed by atoms with Crippen molar-refractivity contribution in [2.75, 3.05) is 11.9 Å². The van der Waals surface area contributed by atoms with E-state index in [0.717, 1.165) is 17.7 Å². The molecule has 1 aliphatic rings. The molecule has 88 valence electrons. The number of hydrogen-bond donors (Lipinski definition) is 2. The number of aliphatic hydroxyl groups is 1. The average Bonchev–Trinajstić information content (AvgIpc) is 3.04. The van der Waals surface area contributed by atoms with E-state index < -0.39 is 0 Å². The molecule has 0 aromatic heterocycles. The highest BCUT2D eigenvalue weighted by Crippen LogP contribution is 2.38. The minimum atomic E-state index is -0.157. The third-order valence-corrected chi connectivity index (χ3v) is 2.89. The van der Waals surface area contributed by atoms with Crippen LogP contribution in [0.15, 0.2) is 24.3 Å². The van der Waals surface area contributed by atoms with Crippen molar-refractivity contribution in [2.24, 2.45) is 11.8 Å². The van der Waals surface area contributed by atoms with Crippen molar-refractivity contribution in [1.82, 2.24) is 0 Å². The fraction of sp³-hybridized carbons (Fsp3) is 0.357. The molecule has 1 fully saturated rings. The number of anilines is 1. The van der Waals surface area contributed by atoms with Crippen LogP contribution in [-0.4, -0.2) is 17.6 Å². The molecule has 0 saturated heterocycles. The Labute approximate surface area is 101 Å². The lowest BCUT2D eigenvalue weighted by Crippen LogP contribution is -2.14. The maximum absolute atomic E-state index is 11.7. The van der Waals surface area contributed by atoms with Gasteiger partial charge >= 0.3 is 0 Å². The van der Waals surface area contributed by atoms with Gasteiger partial charge in [-0.3, -0.25) is 4.79 Å². The van der Waals surface area contributed by atoms with Crippen molar-refractivity contribution in [1.29, 1.82) is 0 Å². The first-order chi connectivity index (χ1) is 8.20. The van der Waals surface area contributed by atoms with Gasteiger partial charge in [0.2, 0.25) is 5.91 Å². The minimum Gasteiger partial charge on any atom is -0.384 e. The molecule has 17 heavy (non-hydrogen) atoms. The Bertz CT molecular complexity index is 484. The summed E-state index contributed by atoms with van der Waals surface area (Å²) in [4.78, 5) is 11.7. The van der Waals surface area contributed by atoms with Crippen LogP contribution in [0.1, 0.15) is 18.9 Å². The molecule has 1 amide bonds. The second kappa shape index (κ2) is 5.03. The van der Waals surface area contributed by atoms with Crippen LogP contribution in [0.4, 0.5) is 5.69 Å². The first-order valence-electron chi connectivity index (χ1n) is 5.71. The van der Waals surface area contributed by atoms with Gasteiger partial charge in [-0.25, -0.2) is 0 Å². The summed E-state index contributed by atoms with van der Waals surface area (Å²) < 4.78 is 0. The molecule has 2 unspecified atom stereocenters. The van der Waals surface area contributed by atoms with Crippen LogP contribution in [0.3, 0.4) is 0 Å². The molecule has 1 saturated carbocycles. The Morgan fingerprint density at radius 2 is 2.35 bits per heavy atom. The third kappa shape index (κ3) is 3.08. The largest absolute Gasteiger partial charge is 0.384 e. The molecule has 0 bridgehead atoms. The number of rotatable bonds is 2. The number of carbonyl (C=O) groups excluding carboxylic acids is 1. The van der Waals surface area contributed by atoms with Gasteiger partial charge in [-0.1, -0.05) is 24.8 Å². The van der Waals surface area contributed by atoms with Gasteiger partial charge in [0.1, 0.15) is 6.61 Å². The molecule has 3 heteroatoms. The van der Waals surface area contributed by atoms with E-state index in [1.54, 1.807) is 0 Å². The standard InChI is InChI=1S/C14H15NO2/c1-10-8-13(10)14(17)15-12-6-2-4-11(9-12)5-3-7-16/h2,4,6,9-10,13,16H,7-8H2,1H3,(H,15,17). The SMILES string of the molecule is CC1CC1C(=O)Nc1cccc(C#CCO)c1. The lowest BCUT2D eigenvalue weighted by Gasteiger charge is -2.04. The van der Waals surface area contributed by atoms with E-state index >= 15 is 0 Å². The predicted octanol–water partition coefficient (Wildman–Crippen LogP) is 1.62. The summed E-state index contributed by atoms with van der Waals surface area (Å²) in [6.07, 6.45) is 0.982. The van der Waals surface area contributed by atoms with E-state index in [4.69, 9.17) is 5.11 Å². The van der Waals surface area contributed by atoms with Crippen molar-refractivity contribution in [3.8, 4) is 11.8 Å². The van der Waals surface area contributed by atoms with Gasteiger partial charge in [-0.05, 0) is 30.5 Å². The van der Waals surface area contributed by atoms with Crippen molar-refractivity contribution in [3.63, 3.8) is 0 Å². The van der Waals surface area contributed by atoms with Crippen LogP contribution >= 0.6 is 0 Å². The first-order valence-corrected chi connectivity index (χ1v) is 5.71. The highest BCUT2D eigenvalue weighted by molar-refractivity contribution is 5.94. The van der Waals surface area contributed by atoms with Gasteiger partial charge in [-0.2, -0.15) is 0 Å². The van der Waals surface area contributed by atoms with Gasteiger partial charge in [0, 0.05) is 17.2 Å². The molecule has 1 aliphatic carbocycles. The minimum absolute atomic E-state index is 0.0877. The quantitative estimate of drug-likeness (QED) is 0.757. The number of nitrogens with one attached hydrogen (secondary N) is 1.